The summed E-state index contributed by atoms with van der Waals surface area (Å²) in [5.41, 5.74) is 2.89. The van der Waals surface area contributed by atoms with Crippen molar-refractivity contribution in [2.24, 2.45) is 0 Å². The Labute approximate surface area is 128 Å². The van der Waals surface area contributed by atoms with E-state index in [9.17, 15) is 4.79 Å². The number of nitrogens with zero attached hydrogens (tertiary/aromatic N) is 3. The summed E-state index contributed by atoms with van der Waals surface area (Å²) in [5.74, 6) is 0.934. The van der Waals surface area contributed by atoms with Gasteiger partial charge in [0.25, 0.3) is 5.91 Å². The van der Waals surface area contributed by atoms with Crippen LogP contribution in [0.3, 0.4) is 0 Å². The average Bonchev–Trinajstić information content (AvgIpc) is 3.03. The molecule has 3 aromatic rings. The van der Waals surface area contributed by atoms with Gasteiger partial charge in [-0.3, -0.25) is 9.89 Å². The normalized spacial score (nSPS) is 14.5. The molecule has 2 aromatic heterocycles. The van der Waals surface area contributed by atoms with Crippen LogP contribution in [0.5, 0.6) is 0 Å². The molecule has 1 aromatic carbocycles. The molecule has 0 radical (unpaired) electrons. The fourth-order valence-corrected chi connectivity index (χ4v) is 2.99. The van der Waals surface area contributed by atoms with Crippen LogP contribution in [0.25, 0.3) is 10.2 Å². The summed E-state index contributed by atoms with van der Waals surface area (Å²) < 4.78 is 0.961. The molecule has 2 heterocycles. The van der Waals surface area contributed by atoms with Crippen LogP contribution >= 0.6 is 22.9 Å². The number of rotatable bonds is 3. The lowest BCUT2D eigenvalue weighted by atomic mass is 10.3. The van der Waals surface area contributed by atoms with E-state index < -0.39 is 0 Å². The quantitative estimate of drug-likeness (QED) is 0.776. The standard InChI is InChI=1S/C13H10ClN5OS/c14-7-3-4-8-10(15-5-21-8)9(7)16-13(20)12-17-11(18-19-12)6-1-2-6/h3-6H,1-2H2,(H,16,20)(H,17,18,19). The highest BCUT2D eigenvalue weighted by Crippen LogP contribution is 2.38. The van der Waals surface area contributed by atoms with E-state index in [-0.39, 0.29) is 11.7 Å². The van der Waals surface area contributed by atoms with Gasteiger partial charge in [-0.15, -0.1) is 16.4 Å². The Bertz CT molecular complexity index is 838. The molecule has 0 saturated heterocycles. The van der Waals surface area contributed by atoms with Crippen molar-refractivity contribution < 1.29 is 4.79 Å². The number of nitrogens with one attached hydrogen (secondary N) is 2. The highest BCUT2D eigenvalue weighted by atomic mass is 35.5. The van der Waals surface area contributed by atoms with Crippen LogP contribution in [0.15, 0.2) is 17.6 Å². The van der Waals surface area contributed by atoms with Gasteiger partial charge in [-0.05, 0) is 25.0 Å². The molecule has 8 heteroatoms. The molecule has 6 nitrogen and oxygen atoms in total. The number of hydrogen-bond acceptors (Lipinski definition) is 5. The fraction of sp³-hybridized carbons (Fsp3) is 0.231. The number of carbonyl (C=O) groups excluding carboxylic acids is 1. The highest BCUT2D eigenvalue weighted by Gasteiger charge is 2.28. The number of thiazole rings is 1. The van der Waals surface area contributed by atoms with E-state index in [2.05, 4.69) is 25.5 Å². The molecule has 0 spiro atoms. The minimum absolute atomic E-state index is 0.125. The maximum Gasteiger partial charge on any atom is 0.295 e. The number of aromatic nitrogens is 4. The van der Waals surface area contributed by atoms with Gasteiger partial charge in [0.1, 0.15) is 11.3 Å². The van der Waals surface area contributed by atoms with Crippen molar-refractivity contribution in [3.8, 4) is 0 Å². The SMILES string of the molecule is O=C(Nc1c(Cl)ccc2scnc12)c1n[nH]c(C2CC2)n1. The number of benzene rings is 1. The van der Waals surface area contributed by atoms with Crippen molar-refractivity contribution in [1.29, 1.82) is 0 Å². The largest absolute Gasteiger partial charge is 0.316 e. The van der Waals surface area contributed by atoms with Gasteiger partial charge in [0, 0.05) is 5.92 Å². The molecular weight excluding hydrogens is 310 g/mol. The Morgan fingerprint density at radius 1 is 1.43 bits per heavy atom. The second-order valence-corrected chi connectivity index (χ2v) is 6.19. The summed E-state index contributed by atoms with van der Waals surface area (Å²) in [7, 11) is 0. The van der Waals surface area contributed by atoms with Crippen LogP contribution in [0, 0.1) is 0 Å². The average molecular weight is 320 g/mol. The Balaban J connectivity index is 1.65. The van der Waals surface area contributed by atoms with Gasteiger partial charge in [0.15, 0.2) is 0 Å². The molecule has 4 rings (SSSR count). The predicted molar refractivity (Wildman–Crippen MR) is 80.9 cm³/mol. The number of hydrogen-bond donors (Lipinski definition) is 2. The number of halogens is 1. The fourth-order valence-electron chi connectivity index (χ4n) is 2.11. The van der Waals surface area contributed by atoms with Gasteiger partial charge in [-0.2, -0.15) is 0 Å². The third-order valence-electron chi connectivity index (χ3n) is 3.36. The Kier molecular flexibility index (Phi) is 2.90. The van der Waals surface area contributed by atoms with E-state index in [4.69, 9.17) is 11.6 Å². The van der Waals surface area contributed by atoms with Crippen LogP contribution in [0.2, 0.25) is 5.02 Å². The predicted octanol–water partition coefficient (Wildman–Crippen LogP) is 3.20. The molecule has 21 heavy (non-hydrogen) atoms. The first kappa shape index (κ1) is 12.7. The summed E-state index contributed by atoms with van der Waals surface area (Å²) in [5, 5.41) is 9.98. The third-order valence-corrected chi connectivity index (χ3v) is 4.47. The molecule has 0 unspecified atom stereocenters. The van der Waals surface area contributed by atoms with Gasteiger partial charge in [0.2, 0.25) is 5.82 Å². The molecule has 0 bridgehead atoms. The van der Waals surface area contributed by atoms with Gasteiger partial charge in [-0.1, -0.05) is 11.6 Å². The van der Waals surface area contributed by atoms with Crippen molar-refractivity contribution in [2.45, 2.75) is 18.8 Å². The van der Waals surface area contributed by atoms with E-state index >= 15 is 0 Å². The lowest BCUT2D eigenvalue weighted by Crippen LogP contribution is -2.14. The topological polar surface area (TPSA) is 83.6 Å². The molecule has 1 aliphatic rings. The zero-order valence-electron chi connectivity index (χ0n) is 10.8. The molecule has 0 aliphatic heterocycles. The second kappa shape index (κ2) is 4.78. The summed E-state index contributed by atoms with van der Waals surface area (Å²) in [4.78, 5) is 20.7. The summed E-state index contributed by atoms with van der Waals surface area (Å²) in [6.07, 6.45) is 2.19. The number of anilines is 1. The summed E-state index contributed by atoms with van der Waals surface area (Å²) in [6.45, 7) is 0. The maximum absolute atomic E-state index is 12.2. The van der Waals surface area contributed by atoms with Crippen molar-refractivity contribution in [1.82, 2.24) is 20.2 Å². The minimum Gasteiger partial charge on any atom is -0.316 e. The molecule has 1 aliphatic carbocycles. The zero-order valence-corrected chi connectivity index (χ0v) is 12.3. The third kappa shape index (κ3) is 2.28. The monoisotopic (exact) mass is 319 g/mol. The molecule has 0 atom stereocenters. The van der Waals surface area contributed by atoms with E-state index in [1.54, 1.807) is 11.6 Å². The van der Waals surface area contributed by atoms with Gasteiger partial charge in [0.05, 0.1) is 20.9 Å². The number of aromatic amines is 1. The Morgan fingerprint density at radius 3 is 3.10 bits per heavy atom. The molecule has 1 amide bonds. The van der Waals surface area contributed by atoms with Crippen LogP contribution in [0.1, 0.15) is 35.2 Å². The Morgan fingerprint density at radius 2 is 2.29 bits per heavy atom. The van der Waals surface area contributed by atoms with Crippen LogP contribution in [-0.4, -0.2) is 26.1 Å². The first-order valence-electron chi connectivity index (χ1n) is 6.48. The van der Waals surface area contributed by atoms with E-state index in [1.165, 1.54) is 11.3 Å². The zero-order chi connectivity index (χ0) is 14.4. The van der Waals surface area contributed by atoms with Crippen LogP contribution < -0.4 is 5.32 Å². The number of amides is 1. The molecule has 1 saturated carbocycles. The van der Waals surface area contributed by atoms with E-state index in [1.807, 2.05) is 6.07 Å². The van der Waals surface area contributed by atoms with Gasteiger partial charge >= 0.3 is 0 Å². The van der Waals surface area contributed by atoms with Crippen molar-refractivity contribution in [3.05, 3.63) is 34.3 Å². The van der Waals surface area contributed by atoms with Crippen molar-refractivity contribution >= 4 is 44.7 Å². The Hall–Kier alpha value is -1.99. The molecule has 106 valence electrons. The molecule has 2 N–H and O–H groups in total. The van der Waals surface area contributed by atoms with Crippen molar-refractivity contribution in [2.75, 3.05) is 5.32 Å². The van der Waals surface area contributed by atoms with Crippen LogP contribution in [-0.2, 0) is 0 Å². The summed E-state index contributed by atoms with van der Waals surface area (Å²) >= 11 is 7.65. The number of carbonyl (C=O) groups is 1. The van der Waals surface area contributed by atoms with E-state index in [0.717, 1.165) is 23.4 Å². The number of H-pyrrole nitrogens is 1. The number of fused-ring (bicyclic) bond motifs is 1. The second-order valence-electron chi connectivity index (χ2n) is 4.89. The first-order chi connectivity index (χ1) is 10.2. The van der Waals surface area contributed by atoms with Gasteiger partial charge in [-0.25, -0.2) is 9.97 Å². The lowest BCUT2D eigenvalue weighted by Gasteiger charge is -2.05. The highest BCUT2D eigenvalue weighted by molar-refractivity contribution is 7.16. The summed E-state index contributed by atoms with van der Waals surface area (Å²) in [6, 6.07) is 3.62. The van der Waals surface area contributed by atoms with Gasteiger partial charge < -0.3 is 5.32 Å². The van der Waals surface area contributed by atoms with Crippen LogP contribution in [0.4, 0.5) is 5.69 Å². The molecule has 1 fully saturated rings. The maximum atomic E-state index is 12.2. The van der Waals surface area contributed by atoms with Crippen molar-refractivity contribution in [3.63, 3.8) is 0 Å². The lowest BCUT2D eigenvalue weighted by molar-refractivity contribution is 0.101. The minimum atomic E-state index is -0.388. The first-order valence-corrected chi connectivity index (χ1v) is 7.73. The van der Waals surface area contributed by atoms with E-state index in [0.29, 0.717) is 22.1 Å². The smallest absolute Gasteiger partial charge is 0.295 e. The molecular formula is C13H10ClN5OS.